The summed E-state index contributed by atoms with van der Waals surface area (Å²) in [7, 11) is 1.54. The first kappa shape index (κ1) is 27.7. The maximum Gasteiger partial charge on any atom is 0.255 e. The van der Waals surface area contributed by atoms with Gasteiger partial charge in [-0.05, 0) is 72.2 Å². The summed E-state index contributed by atoms with van der Waals surface area (Å²) in [5.74, 6) is -0.295. The molecule has 208 valence electrons. The van der Waals surface area contributed by atoms with Crippen molar-refractivity contribution in [3.63, 3.8) is 0 Å². The highest BCUT2D eigenvalue weighted by Gasteiger charge is 2.32. The molecule has 41 heavy (non-hydrogen) atoms. The lowest BCUT2D eigenvalue weighted by molar-refractivity contribution is -0.127. The quantitative estimate of drug-likeness (QED) is 0.262. The number of benzene rings is 3. The summed E-state index contributed by atoms with van der Waals surface area (Å²) in [4.78, 5) is 43.4. The molecule has 0 bridgehead atoms. The predicted octanol–water partition coefficient (Wildman–Crippen LogP) is 6.34. The molecule has 0 atom stereocenters. The van der Waals surface area contributed by atoms with Gasteiger partial charge >= 0.3 is 0 Å². The monoisotopic (exact) mass is 551 g/mol. The Balaban J connectivity index is 1.43. The summed E-state index contributed by atoms with van der Waals surface area (Å²) in [6.45, 7) is 5.98. The number of furan rings is 1. The Morgan fingerprint density at radius 3 is 2.37 bits per heavy atom. The molecule has 8 heteroatoms. The topological polar surface area (TPSA) is 101 Å². The lowest BCUT2D eigenvalue weighted by atomic mass is 9.84. The van der Waals surface area contributed by atoms with Crippen LogP contribution in [0, 0.1) is 11.2 Å². The first-order valence-electron chi connectivity index (χ1n) is 13.3. The van der Waals surface area contributed by atoms with E-state index in [9.17, 15) is 18.8 Å². The number of aliphatic imine (C=N–C) groups is 1. The zero-order valence-corrected chi connectivity index (χ0v) is 23.3. The van der Waals surface area contributed by atoms with E-state index in [1.165, 1.54) is 19.2 Å². The van der Waals surface area contributed by atoms with E-state index in [-0.39, 0.29) is 29.8 Å². The maximum atomic E-state index is 13.5. The van der Waals surface area contributed by atoms with E-state index in [2.05, 4.69) is 15.6 Å². The lowest BCUT2D eigenvalue weighted by Gasteiger charge is -2.22. The van der Waals surface area contributed by atoms with Crippen LogP contribution in [0.15, 0.2) is 87.8 Å². The average molecular weight is 552 g/mol. The van der Waals surface area contributed by atoms with E-state index in [1.807, 2.05) is 31.2 Å². The normalized spacial score (nSPS) is 13.1. The van der Waals surface area contributed by atoms with Gasteiger partial charge in [-0.15, -0.1) is 0 Å². The summed E-state index contributed by atoms with van der Waals surface area (Å²) in [5.41, 5.74) is 3.56. The van der Waals surface area contributed by atoms with Crippen molar-refractivity contribution in [2.45, 2.75) is 27.2 Å². The molecule has 1 aromatic heterocycles. The van der Waals surface area contributed by atoms with Crippen molar-refractivity contribution in [3.05, 3.63) is 95.3 Å². The molecule has 0 radical (unpaired) electrons. The first-order chi connectivity index (χ1) is 19.6. The molecule has 0 fully saturated rings. The highest BCUT2D eigenvalue weighted by Crippen LogP contribution is 2.36. The van der Waals surface area contributed by atoms with Crippen LogP contribution < -0.4 is 10.6 Å². The van der Waals surface area contributed by atoms with Gasteiger partial charge in [0.2, 0.25) is 5.91 Å². The van der Waals surface area contributed by atoms with E-state index in [4.69, 9.17) is 4.42 Å². The number of carbonyl (C=O) groups excluding carboxylic acids is 3. The molecule has 7 nitrogen and oxygen atoms in total. The van der Waals surface area contributed by atoms with E-state index in [0.717, 1.165) is 16.7 Å². The molecule has 5 rings (SSSR count). The summed E-state index contributed by atoms with van der Waals surface area (Å²) in [6, 6.07) is 18.4. The molecular weight excluding hydrogens is 521 g/mol. The van der Waals surface area contributed by atoms with Gasteiger partial charge in [-0.3, -0.25) is 19.4 Å². The molecule has 2 amide bonds. The third kappa shape index (κ3) is 5.72. The fourth-order valence-corrected chi connectivity index (χ4v) is 4.78. The Bertz CT molecular complexity index is 1750. The summed E-state index contributed by atoms with van der Waals surface area (Å²) in [5, 5.41) is 6.07. The summed E-state index contributed by atoms with van der Waals surface area (Å²) >= 11 is 0. The van der Waals surface area contributed by atoms with Crippen LogP contribution in [0.5, 0.6) is 0 Å². The number of carbonyl (C=O) groups is 3. The van der Waals surface area contributed by atoms with Crippen LogP contribution in [0.1, 0.15) is 47.9 Å². The Kier molecular flexibility index (Phi) is 7.41. The number of amidine groups is 1. The van der Waals surface area contributed by atoms with Gasteiger partial charge < -0.3 is 15.1 Å². The van der Waals surface area contributed by atoms with Crippen LogP contribution in [-0.4, -0.2) is 37.0 Å². The van der Waals surface area contributed by atoms with Crippen molar-refractivity contribution in [2.24, 2.45) is 10.4 Å². The number of rotatable bonds is 7. The molecule has 1 aliphatic rings. The molecule has 3 aromatic carbocycles. The van der Waals surface area contributed by atoms with Gasteiger partial charge in [-0.2, -0.15) is 0 Å². The lowest BCUT2D eigenvalue weighted by Crippen LogP contribution is -2.40. The van der Waals surface area contributed by atoms with Crippen molar-refractivity contribution in [3.8, 4) is 22.5 Å². The molecule has 2 N–H and O–H groups in total. The number of fused-ring (bicyclic) bond motifs is 1. The van der Waals surface area contributed by atoms with E-state index < -0.39 is 5.41 Å². The van der Waals surface area contributed by atoms with Gasteiger partial charge in [0.15, 0.2) is 5.78 Å². The number of amides is 2. The Hall–Kier alpha value is -4.85. The van der Waals surface area contributed by atoms with Crippen LogP contribution in [0.2, 0.25) is 0 Å². The molecule has 0 saturated heterocycles. The number of halogens is 1. The van der Waals surface area contributed by atoms with Crippen molar-refractivity contribution in [1.29, 1.82) is 0 Å². The smallest absolute Gasteiger partial charge is 0.255 e. The standard InChI is InChI=1S/C33H30FN3O4/c1-19-14-28(36-18-19)37-32(40)33(2,3)17-26(38)23-7-5-6-21(15-23)22-10-13-27-25(16-22)29(31(39)35-4)30(41-27)20-8-11-24(34)12-9-20/h5-16H,17-18H2,1-4H3,(H,35,39)(H,36,37,40). The Morgan fingerprint density at radius 2 is 1.68 bits per heavy atom. The first-order valence-corrected chi connectivity index (χ1v) is 13.3. The molecule has 0 spiro atoms. The largest absolute Gasteiger partial charge is 0.455 e. The van der Waals surface area contributed by atoms with Crippen LogP contribution in [0.3, 0.4) is 0 Å². The minimum Gasteiger partial charge on any atom is -0.455 e. The number of hydrogen-bond acceptors (Lipinski definition) is 5. The molecule has 1 aliphatic heterocycles. The zero-order chi connectivity index (χ0) is 29.3. The Morgan fingerprint density at radius 1 is 0.976 bits per heavy atom. The SMILES string of the molecule is CNC(=O)c1c(-c2ccc(F)cc2)oc2ccc(-c3cccc(C(=O)CC(C)(C)C(=O)NC4=NCC(C)=C4)c3)cc12. The van der Waals surface area contributed by atoms with Gasteiger partial charge in [-0.25, -0.2) is 4.39 Å². The predicted molar refractivity (Wildman–Crippen MR) is 157 cm³/mol. The fraction of sp³-hybridized carbons (Fsp3) is 0.212. The van der Waals surface area contributed by atoms with Crippen molar-refractivity contribution >= 4 is 34.4 Å². The van der Waals surface area contributed by atoms with Crippen molar-refractivity contribution in [2.75, 3.05) is 13.6 Å². The van der Waals surface area contributed by atoms with Gasteiger partial charge in [0.05, 0.1) is 17.5 Å². The second-order valence-corrected chi connectivity index (χ2v) is 10.8. The van der Waals surface area contributed by atoms with Crippen molar-refractivity contribution < 1.29 is 23.2 Å². The highest BCUT2D eigenvalue weighted by atomic mass is 19.1. The number of ketones is 1. The van der Waals surface area contributed by atoms with Gasteiger partial charge in [-0.1, -0.05) is 38.1 Å². The second-order valence-electron chi connectivity index (χ2n) is 10.8. The molecular formula is C33H30FN3O4. The summed E-state index contributed by atoms with van der Waals surface area (Å²) in [6.07, 6.45) is 1.84. The van der Waals surface area contributed by atoms with Gasteiger partial charge in [0.25, 0.3) is 5.91 Å². The molecule has 4 aromatic rings. The average Bonchev–Trinajstić information content (AvgIpc) is 3.55. The summed E-state index contributed by atoms with van der Waals surface area (Å²) < 4.78 is 19.6. The molecule has 0 saturated carbocycles. The number of hydrogen-bond donors (Lipinski definition) is 2. The zero-order valence-electron chi connectivity index (χ0n) is 23.3. The van der Waals surface area contributed by atoms with Crippen LogP contribution in [0.4, 0.5) is 4.39 Å². The van der Waals surface area contributed by atoms with Crippen LogP contribution in [0.25, 0.3) is 33.4 Å². The van der Waals surface area contributed by atoms with E-state index in [1.54, 1.807) is 50.2 Å². The minimum atomic E-state index is -0.950. The second kappa shape index (κ2) is 11.0. The van der Waals surface area contributed by atoms with E-state index >= 15 is 0 Å². The molecule has 0 unspecified atom stereocenters. The third-order valence-electron chi connectivity index (χ3n) is 7.11. The minimum absolute atomic E-state index is 0.0148. The van der Waals surface area contributed by atoms with Gasteiger partial charge in [0.1, 0.15) is 23.0 Å². The number of Topliss-reactive ketones (excluding diaryl/α,β-unsaturated/α-hetero) is 1. The van der Waals surface area contributed by atoms with Gasteiger partial charge in [0, 0.05) is 30.0 Å². The maximum absolute atomic E-state index is 13.5. The number of nitrogens with one attached hydrogen (secondary N) is 2. The molecule has 2 heterocycles. The van der Waals surface area contributed by atoms with Crippen molar-refractivity contribution in [1.82, 2.24) is 10.6 Å². The van der Waals surface area contributed by atoms with E-state index in [0.29, 0.717) is 45.8 Å². The van der Waals surface area contributed by atoms with Crippen LogP contribution in [-0.2, 0) is 4.79 Å². The molecule has 0 aliphatic carbocycles. The fourth-order valence-electron chi connectivity index (χ4n) is 4.78. The highest BCUT2D eigenvalue weighted by molar-refractivity contribution is 6.12. The number of nitrogens with zero attached hydrogens (tertiary/aromatic N) is 1. The Labute approximate surface area is 237 Å². The third-order valence-corrected chi connectivity index (χ3v) is 7.11. The van der Waals surface area contributed by atoms with Crippen LogP contribution >= 0.6 is 0 Å².